The smallest absolute Gasteiger partial charge is 0.152 e. The van der Waals surface area contributed by atoms with Crippen LogP contribution in [-0.2, 0) is 0 Å². The van der Waals surface area contributed by atoms with E-state index in [0.717, 1.165) is 6.42 Å². The summed E-state index contributed by atoms with van der Waals surface area (Å²) >= 11 is 0. The highest BCUT2D eigenvalue weighted by Crippen LogP contribution is 2.23. The second-order valence-electron chi connectivity index (χ2n) is 4.05. The number of hydrogen-bond acceptors (Lipinski definition) is 2. The molecule has 0 aromatic carbocycles. The first-order valence-corrected chi connectivity index (χ1v) is 5.10. The third-order valence-electron chi connectivity index (χ3n) is 2.58. The van der Waals surface area contributed by atoms with E-state index >= 15 is 0 Å². The lowest BCUT2D eigenvalue weighted by Crippen LogP contribution is -2.31. The van der Waals surface area contributed by atoms with Gasteiger partial charge in [-0.3, -0.25) is 0 Å². The van der Waals surface area contributed by atoms with Gasteiger partial charge < -0.3 is 10.9 Å². The second kappa shape index (κ2) is 4.82. The fraction of sp³-hybridized carbons (Fsp3) is 0.417. The van der Waals surface area contributed by atoms with Crippen molar-refractivity contribution in [2.24, 2.45) is 22.2 Å². The Labute approximate surface area is 90.7 Å². The van der Waals surface area contributed by atoms with Gasteiger partial charge in [-0.1, -0.05) is 48.5 Å². The third kappa shape index (κ3) is 2.98. The van der Waals surface area contributed by atoms with Crippen LogP contribution in [0.25, 0.3) is 0 Å². The van der Waals surface area contributed by atoms with Gasteiger partial charge in [-0.25, -0.2) is 0 Å². The quantitative estimate of drug-likeness (QED) is 0.227. The fourth-order valence-corrected chi connectivity index (χ4v) is 1.43. The Bertz CT molecular complexity index is 329. The summed E-state index contributed by atoms with van der Waals surface area (Å²) in [5.41, 5.74) is 5.18. The van der Waals surface area contributed by atoms with E-state index in [1.54, 1.807) is 0 Å². The van der Waals surface area contributed by atoms with Gasteiger partial charge in [-0.05, 0) is 19.3 Å². The van der Waals surface area contributed by atoms with Gasteiger partial charge in [0.2, 0.25) is 0 Å². The SMILES string of the molecule is CC1/C=C\C/C=C\C(C)(/C(N)=N/O)/C=C\1. The summed E-state index contributed by atoms with van der Waals surface area (Å²) in [4.78, 5) is 0. The van der Waals surface area contributed by atoms with Gasteiger partial charge in [0.15, 0.2) is 5.84 Å². The summed E-state index contributed by atoms with van der Waals surface area (Å²) in [5, 5.41) is 11.8. The molecule has 0 radical (unpaired) electrons. The Balaban J connectivity index is 3.02. The van der Waals surface area contributed by atoms with Crippen LogP contribution in [0.1, 0.15) is 20.3 Å². The van der Waals surface area contributed by atoms with Crippen molar-refractivity contribution in [1.82, 2.24) is 0 Å². The lowest BCUT2D eigenvalue weighted by molar-refractivity contribution is 0.313. The number of allylic oxidation sites excluding steroid dienone is 4. The van der Waals surface area contributed by atoms with E-state index in [-0.39, 0.29) is 5.84 Å². The van der Waals surface area contributed by atoms with E-state index in [9.17, 15) is 0 Å². The predicted molar refractivity (Wildman–Crippen MR) is 62.7 cm³/mol. The minimum absolute atomic E-state index is 0.212. The minimum atomic E-state index is -0.491. The number of nitrogens with zero attached hydrogens (tertiary/aromatic N) is 1. The van der Waals surface area contributed by atoms with Gasteiger partial charge in [-0.15, -0.1) is 0 Å². The van der Waals surface area contributed by atoms with Crippen LogP contribution in [0.5, 0.6) is 0 Å². The standard InChI is InChI=1S/C12H18N2O/c1-10-6-4-3-5-8-12(2,9-7-10)11(13)14-15/h4-10,15H,3H2,1-2H3,(H2,13,14)/b6-4-,8-5-,9-7-. The summed E-state index contributed by atoms with van der Waals surface area (Å²) in [6.07, 6.45) is 13.1. The number of hydrogen-bond donors (Lipinski definition) is 2. The molecule has 1 aliphatic rings. The molecule has 0 aliphatic heterocycles. The fourth-order valence-electron chi connectivity index (χ4n) is 1.43. The van der Waals surface area contributed by atoms with Gasteiger partial charge in [0, 0.05) is 0 Å². The highest BCUT2D eigenvalue weighted by atomic mass is 16.4. The van der Waals surface area contributed by atoms with Crippen LogP contribution in [0.15, 0.2) is 41.6 Å². The third-order valence-corrected chi connectivity index (χ3v) is 2.58. The van der Waals surface area contributed by atoms with Crippen molar-refractivity contribution in [3.63, 3.8) is 0 Å². The lowest BCUT2D eigenvalue weighted by atomic mass is 9.87. The Morgan fingerprint density at radius 1 is 1.40 bits per heavy atom. The highest BCUT2D eigenvalue weighted by Gasteiger charge is 2.23. The normalized spacial score (nSPS) is 38.5. The monoisotopic (exact) mass is 206 g/mol. The topological polar surface area (TPSA) is 58.6 Å². The number of rotatable bonds is 1. The van der Waals surface area contributed by atoms with Crippen LogP contribution in [0.2, 0.25) is 0 Å². The van der Waals surface area contributed by atoms with Crippen molar-refractivity contribution >= 4 is 5.84 Å². The summed E-state index contributed by atoms with van der Waals surface area (Å²) in [7, 11) is 0. The highest BCUT2D eigenvalue weighted by molar-refractivity contribution is 5.89. The minimum Gasteiger partial charge on any atom is -0.409 e. The van der Waals surface area contributed by atoms with E-state index in [0.29, 0.717) is 5.92 Å². The molecule has 0 saturated carbocycles. The largest absolute Gasteiger partial charge is 0.409 e. The van der Waals surface area contributed by atoms with Crippen molar-refractivity contribution in [2.75, 3.05) is 0 Å². The Morgan fingerprint density at radius 2 is 2.13 bits per heavy atom. The number of amidine groups is 1. The first kappa shape index (κ1) is 11.6. The number of nitrogens with two attached hydrogens (primary N) is 1. The molecule has 2 unspecified atom stereocenters. The molecule has 0 aromatic heterocycles. The molecule has 0 amide bonds. The van der Waals surface area contributed by atoms with Crippen LogP contribution in [0.4, 0.5) is 0 Å². The average Bonchev–Trinajstić information content (AvgIpc) is 2.31. The van der Waals surface area contributed by atoms with Gasteiger partial charge >= 0.3 is 0 Å². The molecular weight excluding hydrogens is 188 g/mol. The van der Waals surface area contributed by atoms with Crippen molar-refractivity contribution in [3.8, 4) is 0 Å². The van der Waals surface area contributed by atoms with Gasteiger partial charge in [0.05, 0.1) is 5.41 Å². The van der Waals surface area contributed by atoms with Gasteiger partial charge in [0.1, 0.15) is 0 Å². The first-order chi connectivity index (χ1) is 7.08. The van der Waals surface area contributed by atoms with Gasteiger partial charge in [0.25, 0.3) is 0 Å². The summed E-state index contributed by atoms with van der Waals surface area (Å²) < 4.78 is 0. The molecule has 82 valence electrons. The maximum atomic E-state index is 8.73. The van der Waals surface area contributed by atoms with Crippen molar-refractivity contribution in [3.05, 3.63) is 36.5 Å². The molecule has 3 heteroatoms. The van der Waals surface area contributed by atoms with Crippen LogP contribution in [0.3, 0.4) is 0 Å². The van der Waals surface area contributed by atoms with Crippen LogP contribution < -0.4 is 5.73 Å². The molecule has 3 N–H and O–H groups in total. The van der Waals surface area contributed by atoms with E-state index in [2.05, 4.69) is 30.3 Å². The lowest BCUT2D eigenvalue weighted by Gasteiger charge is -2.20. The molecular formula is C12H18N2O. The van der Waals surface area contributed by atoms with Crippen molar-refractivity contribution in [1.29, 1.82) is 0 Å². The second-order valence-corrected chi connectivity index (χ2v) is 4.05. The zero-order chi connectivity index (χ0) is 11.3. The van der Waals surface area contributed by atoms with Crippen LogP contribution >= 0.6 is 0 Å². The molecule has 0 heterocycles. The molecule has 1 rings (SSSR count). The zero-order valence-corrected chi connectivity index (χ0v) is 9.22. The molecule has 15 heavy (non-hydrogen) atoms. The maximum absolute atomic E-state index is 8.73. The van der Waals surface area contributed by atoms with Crippen molar-refractivity contribution < 1.29 is 5.21 Å². The summed E-state index contributed by atoms with van der Waals surface area (Å²) in [5.74, 6) is 0.583. The molecule has 2 atom stereocenters. The Kier molecular flexibility index (Phi) is 3.72. The summed E-state index contributed by atoms with van der Waals surface area (Å²) in [6.45, 7) is 4.03. The molecule has 0 bridgehead atoms. The van der Waals surface area contributed by atoms with E-state index in [4.69, 9.17) is 10.9 Å². The maximum Gasteiger partial charge on any atom is 0.152 e. The van der Waals surface area contributed by atoms with Gasteiger partial charge in [-0.2, -0.15) is 0 Å². The van der Waals surface area contributed by atoms with E-state index in [1.807, 2.05) is 25.2 Å². The average molecular weight is 206 g/mol. The Hall–Kier alpha value is -1.51. The van der Waals surface area contributed by atoms with Crippen molar-refractivity contribution in [2.45, 2.75) is 20.3 Å². The van der Waals surface area contributed by atoms with Crippen LogP contribution in [0, 0.1) is 11.3 Å². The predicted octanol–water partition coefficient (Wildman–Crippen LogP) is 2.45. The molecule has 0 spiro atoms. The Morgan fingerprint density at radius 3 is 2.80 bits per heavy atom. The molecule has 3 nitrogen and oxygen atoms in total. The van der Waals surface area contributed by atoms with Crippen LogP contribution in [-0.4, -0.2) is 11.0 Å². The molecule has 1 aliphatic carbocycles. The zero-order valence-electron chi connectivity index (χ0n) is 9.22. The summed E-state index contributed by atoms with van der Waals surface area (Å²) in [6, 6.07) is 0. The molecule has 0 saturated heterocycles. The molecule has 0 fully saturated rings. The van der Waals surface area contributed by atoms with E-state index in [1.165, 1.54) is 0 Å². The number of oxime groups is 1. The first-order valence-electron chi connectivity index (χ1n) is 5.10. The molecule has 0 aromatic rings. The van der Waals surface area contributed by atoms with E-state index < -0.39 is 5.41 Å².